The Morgan fingerprint density at radius 3 is 2.81 bits per heavy atom. The van der Waals surface area contributed by atoms with Gasteiger partial charge in [-0.2, -0.15) is 0 Å². The van der Waals surface area contributed by atoms with Crippen LogP contribution in [-0.2, 0) is 11.2 Å². The number of furan rings is 1. The average molecular weight is 415 g/mol. The second-order valence-electron chi connectivity index (χ2n) is 7.01. The smallest absolute Gasteiger partial charge is 0.341 e. The highest BCUT2D eigenvalue weighted by Crippen LogP contribution is 2.38. The number of anilines is 2. The molecule has 1 aliphatic rings. The van der Waals surface area contributed by atoms with E-state index in [4.69, 9.17) is 14.4 Å². The van der Waals surface area contributed by atoms with Gasteiger partial charge in [0.15, 0.2) is 17.2 Å². The summed E-state index contributed by atoms with van der Waals surface area (Å²) in [6, 6.07) is 7.72. The molecule has 2 N–H and O–H groups in total. The highest BCUT2D eigenvalue weighted by atomic mass is 16.5. The number of carbonyl (C=O) groups is 1. The zero-order chi connectivity index (χ0) is 21.4. The molecule has 31 heavy (non-hydrogen) atoms. The Bertz CT molecular complexity index is 1330. The lowest BCUT2D eigenvalue weighted by molar-refractivity contribution is 0.0599. The molecule has 1 aliphatic carbocycles. The van der Waals surface area contributed by atoms with E-state index < -0.39 is 5.97 Å². The standard InChI is InChI=1S/C22H17N5O4/c1-30-22(28)13-9-24-21(25-10-13)20-19(16-6-7-23-11-18(16)31-20)26-14-3-4-15-12(8-14)2-5-17(15)27-29/h3-4,6-11,26,29H,2,5H2,1H3/b27-17+. The van der Waals surface area contributed by atoms with Crippen LogP contribution in [0.25, 0.3) is 22.6 Å². The lowest BCUT2D eigenvalue weighted by atomic mass is 10.1. The molecule has 0 aliphatic heterocycles. The molecule has 0 saturated carbocycles. The summed E-state index contributed by atoms with van der Waals surface area (Å²) < 4.78 is 10.7. The largest absolute Gasteiger partial charge is 0.465 e. The van der Waals surface area contributed by atoms with Gasteiger partial charge >= 0.3 is 5.97 Å². The summed E-state index contributed by atoms with van der Waals surface area (Å²) in [5.74, 6) is 0.238. The van der Waals surface area contributed by atoms with Gasteiger partial charge in [0, 0.05) is 35.2 Å². The molecule has 3 heterocycles. The number of nitrogens with zero attached hydrogens (tertiary/aromatic N) is 4. The average Bonchev–Trinajstić information content (AvgIpc) is 3.40. The molecule has 9 nitrogen and oxygen atoms in total. The van der Waals surface area contributed by atoms with Crippen LogP contribution >= 0.6 is 0 Å². The molecule has 5 rings (SSSR count). The monoisotopic (exact) mass is 415 g/mol. The summed E-state index contributed by atoms with van der Waals surface area (Å²) in [5.41, 5.74) is 5.13. The van der Waals surface area contributed by atoms with Crippen molar-refractivity contribution in [2.45, 2.75) is 12.8 Å². The molecule has 0 radical (unpaired) electrons. The summed E-state index contributed by atoms with van der Waals surface area (Å²) in [5, 5.41) is 16.8. The fraction of sp³-hybridized carbons (Fsp3) is 0.136. The van der Waals surface area contributed by atoms with Gasteiger partial charge in [-0.05, 0) is 36.6 Å². The second kappa shape index (κ2) is 7.52. The molecule has 0 spiro atoms. The van der Waals surface area contributed by atoms with Crippen molar-refractivity contribution in [2.24, 2.45) is 5.16 Å². The third-order valence-corrected chi connectivity index (χ3v) is 5.21. The molecule has 0 fully saturated rings. The summed E-state index contributed by atoms with van der Waals surface area (Å²) >= 11 is 0. The molecule has 3 aromatic heterocycles. The van der Waals surface area contributed by atoms with Gasteiger partial charge in [-0.3, -0.25) is 4.98 Å². The SMILES string of the molecule is COC(=O)c1cnc(-c2oc3cnccc3c2Nc2ccc3c(c2)CC/C3=N\O)nc1. The molecule has 0 bridgehead atoms. The Hall–Kier alpha value is -4.27. The predicted octanol–water partition coefficient (Wildman–Crippen LogP) is 3.94. The van der Waals surface area contributed by atoms with Crippen molar-refractivity contribution in [3.8, 4) is 11.6 Å². The van der Waals surface area contributed by atoms with Gasteiger partial charge in [-0.1, -0.05) is 11.2 Å². The first kappa shape index (κ1) is 18.7. The van der Waals surface area contributed by atoms with Gasteiger partial charge in [-0.25, -0.2) is 14.8 Å². The second-order valence-corrected chi connectivity index (χ2v) is 7.01. The van der Waals surface area contributed by atoms with E-state index in [1.165, 1.54) is 19.5 Å². The lowest BCUT2D eigenvalue weighted by Crippen LogP contribution is -2.03. The first-order valence-corrected chi connectivity index (χ1v) is 9.56. The van der Waals surface area contributed by atoms with E-state index in [0.29, 0.717) is 35.0 Å². The quantitative estimate of drug-likeness (QED) is 0.292. The lowest BCUT2D eigenvalue weighted by Gasteiger charge is -2.09. The number of aromatic nitrogens is 3. The van der Waals surface area contributed by atoms with E-state index in [-0.39, 0.29) is 5.56 Å². The Labute approximate surface area is 176 Å². The van der Waals surface area contributed by atoms with Gasteiger partial charge in [-0.15, -0.1) is 0 Å². The number of hydrogen-bond acceptors (Lipinski definition) is 9. The number of aryl methyl sites for hydroxylation is 1. The van der Waals surface area contributed by atoms with E-state index in [1.54, 1.807) is 12.4 Å². The van der Waals surface area contributed by atoms with Crippen LogP contribution < -0.4 is 5.32 Å². The van der Waals surface area contributed by atoms with Crippen molar-refractivity contribution < 1.29 is 19.2 Å². The number of rotatable bonds is 4. The molecular weight excluding hydrogens is 398 g/mol. The minimum atomic E-state index is -0.511. The Morgan fingerprint density at radius 2 is 2.03 bits per heavy atom. The van der Waals surface area contributed by atoms with Crippen molar-refractivity contribution in [1.29, 1.82) is 0 Å². The van der Waals surface area contributed by atoms with E-state index in [0.717, 1.165) is 28.6 Å². The van der Waals surface area contributed by atoms with E-state index >= 15 is 0 Å². The summed E-state index contributed by atoms with van der Waals surface area (Å²) in [7, 11) is 1.30. The number of oxime groups is 1. The van der Waals surface area contributed by atoms with E-state index in [2.05, 4.69) is 25.4 Å². The highest BCUT2D eigenvalue weighted by Gasteiger charge is 2.22. The fourth-order valence-electron chi connectivity index (χ4n) is 3.70. The van der Waals surface area contributed by atoms with Gasteiger partial charge in [0.25, 0.3) is 0 Å². The molecule has 4 aromatic rings. The number of esters is 1. The summed E-state index contributed by atoms with van der Waals surface area (Å²) in [6.45, 7) is 0. The number of fused-ring (bicyclic) bond motifs is 2. The third kappa shape index (κ3) is 3.25. The normalized spacial score (nSPS) is 14.0. The van der Waals surface area contributed by atoms with Crippen LogP contribution in [0.15, 0.2) is 58.6 Å². The molecule has 0 amide bonds. The number of pyridine rings is 1. The number of nitrogens with one attached hydrogen (secondary N) is 1. The van der Waals surface area contributed by atoms with Crippen LogP contribution in [0.5, 0.6) is 0 Å². The third-order valence-electron chi connectivity index (χ3n) is 5.21. The van der Waals surface area contributed by atoms with Crippen molar-refractivity contribution >= 4 is 34.0 Å². The Balaban J connectivity index is 1.57. The van der Waals surface area contributed by atoms with E-state index in [1.807, 2.05) is 24.3 Å². The Kier molecular flexibility index (Phi) is 4.55. The zero-order valence-corrected chi connectivity index (χ0v) is 16.5. The van der Waals surface area contributed by atoms with Gasteiger partial charge in [0.05, 0.1) is 30.3 Å². The van der Waals surface area contributed by atoms with Crippen molar-refractivity contribution in [1.82, 2.24) is 15.0 Å². The molecular formula is C22H17N5O4. The fourth-order valence-corrected chi connectivity index (χ4v) is 3.70. The van der Waals surface area contributed by atoms with Gasteiger partial charge in [0.2, 0.25) is 0 Å². The van der Waals surface area contributed by atoms with Crippen molar-refractivity contribution in [3.63, 3.8) is 0 Å². The summed E-state index contributed by atoms with van der Waals surface area (Å²) in [4.78, 5) is 24.4. The summed E-state index contributed by atoms with van der Waals surface area (Å²) in [6.07, 6.45) is 7.62. The highest BCUT2D eigenvalue weighted by molar-refractivity contribution is 6.05. The minimum Gasteiger partial charge on any atom is -0.465 e. The van der Waals surface area contributed by atoms with Crippen LogP contribution in [0, 0.1) is 0 Å². The zero-order valence-electron chi connectivity index (χ0n) is 16.5. The first-order chi connectivity index (χ1) is 15.2. The molecule has 0 atom stereocenters. The molecule has 154 valence electrons. The van der Waals surface area contributed by atoms with Crippen LogP contribution in [0.3, 0.4) is 0 Å². The molecule has 1 aromatic carbocycles. The topological polar surface area (TPSA) is 123 Å². The molecule has 0 saturated heterocycles. The minimum absolute atomic E-state index is 0.249. The van der Waals surface area contributed by atoms with Gasteiger partial charge in [0.1, 0.15) is 0 Å². The van der Waals surface area contributed by atoms with Crippen molar-refractivity contribution in [2.75, 3.05) is 12.4 Å². The predicted molar refractivity (Wildman–Crippen MR) is 113 cm³/mol. The molecule has 0 unspecified atom stereocenters. The van der Waals surface area contributed by atoms with Crippen molar-refractivity contribution in [3.05, 3.63) is 65.7 Å². The Morgan fingerprint density at radius 1 is 1.19 bits per heavy atom. The maximum absolute atomic E-state index is 11.7. The van der Waals surface area contributed by atoms with Crippen LogP contribution in [-0.4, -0.2) is 38.9 Å². The van der Waals surface area contributed by atoms with Gasteiger partial charge < -0.3 is 19.7 Å². The van der Waals surface area contributed by atoms with Crippen LogP contribution in [0.4, 0.5) is 11.4 Å². The van der Waals surface area contributed by atoms with Crippen LogP contribution in [0.2, 0.25) is 0 Å². The number of methoxy groups -OCH3 is 1. The van der Waals surface area contributed by atoms with E-state index in [9.17, 15) is 4.79 Å². The number of ether oxygens (including phenoxy) is 1. The van der Waals surface area contributed by atoms with Crippen LogP contribution in [0.1, 0.15) is 27.9 Å². The number of carbonyl (C=O) groups excluding carboxylic acids is 1. The molecule has 9 heteroatoms. The maximum Gasteiger partial charge on any atom is 0.341 e. The maximum atomic E-state index is 11.7. The number of hydrogen-bond donors (Lipinski definition) is 2. The number of benzene rings is 1. The first-order valence-electron chi connectivity index (χ1n) is 9.56.